The molecule has 1 heterocycles. The van der Waals surface area contributed by atoms with Gasteiger partial charge in [-0.3, -0.25) is 19.3 Å². The summed E-state index contributed by atoms with van der Waals surface area (Å²) >= 11 is 0. The van der Waals surface area contributed by atoms with Gasteiger partial charge in [-0.15, -0.1) is 0 Å². The fourth-order valence-corrected chi connectivity index (χ4v) is 3.70. The summed E-state index contributed by atoms with van der Waals surface area (Å²) in [6.45, 7) is 1.73. The van der Waals surface area contributed by atoms with Gasteiger partial charge in [-0.2, -0.15) is 0 Å². The highest BCUT2D eigenvalue weighted by Gasteiger charge is 2.38. The zero-order valence-corrected chi connectivity index (χ0v) is 17.9. The smallest absolute Gasteiger partial charge is 0.246 e. The third kappa shape index (κ3) is 5.26. The molecule has 3 amide bonds. The first-order valence-electron chi connectivity index (χ1n) is 10.2. The molecule has 32 heavy (non-hydrogen) atoms. The molecule has 0 radical (unpaired) electrons. The van der Waals surface area contributed by atoms with Crippen LogP contribution in [0.2, 0.25) is 0 Å². The van der Waals surface area contributed by atoms with E-state index in [1.165, 1.54) is 11.8 Å². The second kappa shape index (κ2) is 9.82. The van der Waals surface area contributed by atoms with Crippen LogP contribution in [-0.2, 0) is 20.8 Å². The van der Waals surface area contributed by atoms with Crippen LogP contribution in [0, 0.1) is 11.6 Å². The number of halogens is 2. The summed E-state index contributed by atoms with van der Waals surface area (Å²) in [5.41, 5.74) is 7.52. The molecule has 3 rings (SSSR count). The second-order valence-corrected chi connectivity index (χ2v) is 7.88. The van der Waals surface area contributed by atoms with E-state index in [4.69, 9.17) is 5.73 Å². The minimum absolute atomic E-state index is 0.0585. The van der Waals surface area contributed by atoms with Gasteiger partial charge in [0, 0.05) is 26.1 Å². The molecule has 0 bridgehead atoms. The Labute approximate surface area is 185 Å². The zero-order chi connectivity index (χ0) is 23.4. The lowest BCUT2D eigenvalue weighted by Crippen LogP contribution is -2.56. The number of nitrogens with two attached hydrogens (primary N) is 1. The van der Waals surface area contributed by atoms with Crippen LogP contribution in [0.4, 0.5) is 8.78 Å². The molecule has 0 aliphatic carbocycles. The average Bonchev–Trinajstić information content (AvgIpc) is 2.87. The van der Waals surface area contributed by atoms with E-state index in [2.05, 4.69) is 0 Å². The summed E-state index contributed by atoms with van der Waals surface area (Å²) in [6.07, 6.45) is 1.54. The normalized spacial score (nSPS) is 17.4. The number of benzene rings is 2. The fraction of sp³-hybridized carbons (Fsp3) is 0.292. The number of hydrogen-bond acceptors (Lipinski definition) is 4. The molecule has 0 saturated heterocycles. The van der Waals surface area contributed by atoms with Crippen molar-refractivity contribution in [2.45, 2.75) is 31.8 Å². The lowest BCUT2D eigenvalue weighted by molar-refractivity contribution is -0.154. The molecule has 2 aromatic carbocycles. The first-order chi connectivity index (χ1) is 15.2. The van der Waals surface area contributed by atoms with Gasteiger partial charge in [0.1, 0.15) is 17.7 Å². The largest absolute Gasteiger partial charge is 0.340 e. The maximum absolute atomic E-state index is 13.6. The molecule has 2 aromatic rings. The highest BCUT2D eigenvalue weighted by Crippen LogP contribution is 2.27. The molecule has 1 aliphatic rings. The highest BCUT2D eigenvalue weighted by molar-refractivity contribution is 6.03. The van der Waals surface area contributed by atoms with Gasteiger partial charge in [0.2, 0.25) is 17.7 Å². The van der Waals surface area contributed by atoms with Crippen LogP contribution in [0.25, 0.3) is 5.57 Å². The van der Waals surface area contributed by atoms with E-state index in [0.717, 1.165) is 28.2 Å². The number of carbonyl (C=O) groups is 3. The van der Waals surface area contributed by atoms with Crippen LogP contribution in [0.1, 0.15) is 24.5 Å². The summed E-state index contributed by atoms with van der Waals surface area (Å²) in [5, 5.41) is 0. The quantitative estimate of drug-likeness (QED) is 0.773. The number of amides is 3. The van der Waals surface area contributed by atoms with Gasteiger partial charge in [0.25, 0.3) is 0 Å². The van der Waals surface area contributed by atoms with Gasteiger partial charge in [-0.05, 0) is 35.8 Å². The monoisotopic (exact) mass is 441 g/mol. The van der Waals surface area contributed by atoms with Crippen molar-refractivity contribution in [3.8, 4) is 0 Å². The van der Waals surface area contributed by atoms with Gasteiger partial charge in [-0.1, -0.05) is 36.4 Å². The molecule has 6 nitrogen and oxygen atoms in total. The predicted octanol–water partition coefficient (Wildman–Crippen LogP) is 2.52. The van der Waals surface area contributed by atoms with Crippen molar-refractivity contribution in [2.24, 2.45) is 5.73 Å². The Morgan fingerprint density at radius 2 is 1.78 bits per heavy atom. The summed E-state index contributed by atoms with van der Waals surface area (Å²) in [7, 11) is 1.58. The van der Waals surface area contributed by atoms with Crippen molar-refractivity contribution < 1.29 is 23.2 Å². The van der Waals surface area contributed by atoms with Crippen LogP contribution < -0.4 is 5.73 Å². The van der Waals surface area contributed by atoms with Gasteiger partial charge >= 0.3 is 0 Å². The molecule has 0 aromatic heterocycles. The highest BCUT2D eigenvalue weighted by atomic mass is 19.1. The maximum Gasteiger partial charge on any atom is 0.246 e. The molecular weight excluding hydrogens is 416 g/mol. The van der Waals surface area contributed by atoms with E-state index < -0.39 is 47.9 Å². The summed E-state index contributed by atoms with van der Waals surface area (Å²) < 4.78 is 27.2. The first kappa shape index (κ1) is 23.3. The molecule has 0 fully saturated rings. The number of rotatable bonds is 5. The molecule has 0 spiro atoms. The lowest BCUT2D eigenvalue weighted by Gasteiger charge is -2.32. The molecular formula is C24H25F2N3O3. The van der Waals surface area contributed by atoms with E-state index in [1.54, 1.807) is 7.05 Å². The molecule has 2 N–H and O–H groups in total. The predicted molar refractivity (Wildman–Crippen MR) is 116 cm³/mol. The first-order valence-corrected chi connectivity index (χ1v) is 10.2. The Bertz CT molecular complexity index is 1030. The maximum atomic E-state index is 13.6. The van der Waals surface area contributed by atoms with Gasteiger partial charge in [-0.25, -0.2) is 8.78 Å². The number of likely N-dealkylation sites (N-methyl/N-ethyl adjacent to an activating group) is 1. The van der Waals surface area contributed by atoms with Crippen molar-refractivity contribution >= 4 is 23.3 Å². The van der Waals surface area contributed by atoms with Gasteiger partial charge in [0.05, 0.1) is 12.5 Å². The van der Waals surface area contributed by atoms with Crippen molar-refractivity contribution in [1.29, 1.82) is 0 Å². The molecule has 8 heteroatoms. The van der Waals surface area contributed by atoms with Crippen molar-refractivity contribution in [3.05, 3.63) is 77.4 Å². The standard InChI is InChI=1S/C24H25F2N3O3/c1-15(27)23(31)29(22(30)12-16-10-19(25)14-20(26)11-16)21-13-18(8-9-28(2)24(21)32)17-6-4-3-5-7-17/h3-8,10-11,14-15,21H,9,12-13,27H2,1-2H3/t15-,21-/m0/s1. The lowest BCUT2D eigenvalue weighted by atomic mass is 9.97. The van der Waals surface area contributed by atoms with Crippen molar-refractivity contribution in [2.75, 3.05) is 13.6 Å². The SMILES string of the molecule is C[C@H](N)C(=O)N(C(=O)Cc1cc(F)cc(F)c1)[C@H]1CC(c2ccccc2)=CCN(C)C1=O. The fourth-order valence-electron chi connectivity index (χ4n) is 3.70. The van der Waals surface area contributed by atoms with E-state index in [1.807, 2.05) is 36.4 Å². The van der Waals surface area contributed by atoms with E-state index >= 15 is 0 Å². The number of imide groups is 1. The molecule has 168 valence electrons. The second-order valence-electron chi connectivity index (χ2n) is 7.88. The van der Waals surface area contributed by atoms with Crippen LogP contribution in [0.5, 0.6) is 0 Å². The van der Waals surface area contributed by atoms with Crippen LogP contribution in [-0.4, -0.2) is 53.2 Å². The third-order valence-electron chi connectivity index (χ3n) is 5.32. The van der Waals surface area contributed by atoms with E-state index in [0.29, 0.717) is 12.6 Å². The molecule has 0 unspecified atom stereocenters. The number of nitrogens with zero attached hydrogens (tertiary/aromatic N) is 2. The Morgan fingerprint density at radius 1 is 1.16 bits per heavy atom. The summed E-state index contributed by atoms with van der Waals surface area (Å²) in [6, 6.07) is 9.90. The number of hydrogen-bond donors (Lipinski definition) is 1. The summed E-state index contributed by atoms with van der Waals surface area (Å²) in [4.78, 5) is 41.6. The Balaban J connectivity index is 1.98. The Hall–Kier alpha value is -3.39. The van der Waals surface area contributed by atoms with Gasteiger partial charge in [0.15, 0.2) is 0 Å². The molecule has 2 atom stereocenters. The Kier molecular flexibility index (Phi) is 7.15. The van der Waals surface area contributed by atoms with Crippen LogP contribution >= 0.6 is 0 Å². The zero-order valence-electron chi connectivity index (χ0n) is 17.9. The van der Waals surface area contributed by atoms with Crippen molar-refractivity contribution in [1.82, 2.24) is 9.80 Å². The molecule has 1 aliphatic heterocycles. The number of carbonyl (C=O) groups excluding carboxylic acids is 3. The average molecular weight is 441 g/mol. The minimum atomic E-state index is -1.13. The summed E-state index contributed by atoms with van der Waals surface area (Å²) in [5.74, 6) is -3.57. The minimum Gasteiger partial charge on any atom is -0.340 e. The third-order valence-corrected chi connectivity index (χ3v) is 5.32. The van der Waals surface area contributed by atoms with Crippen LogP contribution in [0.15, 0.2) is 54.6 Å². The Morgan fingerprint density at radius 3 is 2.38 bits per heavy atom. The van der Waals surface area contributed by atoms with E-state index in [9.17, 15) is 23.2 Å². The molecule has 0 saturated carbocycles. The van der Waals surface area contributed by atoms with E-state index in [-0.39, 0.29) is 12.0 Å². The topological polar surface area (TPSA) is 83.7 Å². The van der Waals surface area contributed by atoms with Crippen LogP contribution in [0.3, 0.4) is 0 Å². The van der Waals surface area contributed by atoms with Gasteiger partial charge < -0.3 is 10.6 Å². The van der Waals surface area contributed by atoms with Crippen molar-refractivity contribution in [3.63, 3.8) is 0 Å².